The van der Waals surface area contributed by atoms with Crippen LogP contribution in [-0.4, -0.2) is 60.0 Å². The van der Waals surface area contributed by atoms with Crippen LogP contribution in [0.1, 0.15) is 25.3 Å². The number of carbonyl (C=O) groups is 2. The number of nitrogens with two attached hydrogens (primary N) is 1. The highest BCUT2D eigenvalue weighted by Gasteiger charge is 2.38. The molecule has 2 saturated heterocycles. The Labute approximate surface area is 161 Å². The summed E-state index contributed by atoms with van der Waals surface area (Å²) in [5.74, 6) is 0.170. The molecule has 0 radical (unpaired) electrons. The third kappa shape index (κ3) is 4.75. The first kappa shape index (κ1) is 20.7. The van der Waals surface area contributed by atoms with E-state index in [4.69, 9.17) is 10.5 Å². The van der Waals surface area contributed by atoms with Crippen molar-refractivity contribution in [1.29, 1.82) is 0 Å². The van der Waals surface area contributed by atoms with Crippen LogP contribution in [0.2, 0.25) is 0 Å². The Kier molecular flexibility index (Phi) is 7.43. The van der Waals surface area contributed by atoms with Gasteiger partial charge in [-0.15, -0.1) is 12.4 Å². The summed E-state index contributed by atoms with van der Waals surface area (Å²) in [7, 11) is 0. The minimum atomic E-state index is -0.548. The molecule has 0 spiro atoms. The molecule has 1 aromatic rings. The van der Waals surface area contributed by atoms with E-state index in [9.17, 15) is 9.59 Å². The van der Waals surface area contributed by atoms with Crippen molar-refractivity contribution >= 4 is 24.2 Å². The molecule has 2 N–H and O–H groups in total. The van der Waals surface area contributed by atoms with Gasteiger partial charge in [-0.2, -0.15) is 0 Å². The van der Waals surface area contributed by atoms with E-state index in [1.807, 2.05) is 42.2 Å². The molecule has 2 unspecified atom stereocenters. The van der Waals surface area contributed by atoms with Crippen molar-refractivity contribution in [3.63, 3.8) is 0 Å². The lowest BCUT2D eigenvalue weighted by molar-refractivity contribution is -0.160. The fraction of sp³-hybridized carbons (Fsp3) is 0.579. The summed E-state index contributed by atoms with van der Waals surface area (Å²) in [6.07, 6.45) is 2.01. The van der Waals surface area contributed by atoms with Crippen LogP contribution in [0.4, 0.5) is 0 Å². The first-order chi connectivity index (χ1) is 12.1. The van der Waals surface area contributed by atoms with Gasteiger partial charge in [-0.3, -0.25) is 9.59 Å². The first-order valence-electron chi connectivity index (χ1n) is 9.01. The Bertz CT molecular complexity index is 611. The number of nitrogens with zero attached hydrogens (tertiary/aromatic N) is 2. The molecular formula is C19H28ClN3O3. The van der Waals surface area contributed by atoms with Crippen molar-refractivity contribution in [2.24, 2.45) is 11.7 Å². The molecule has 0 saturated carbocycles. The van der Waals surface area contributed by atoms with Gasteiger partial charge < -0.3 is 20.3 Å². The molecule has 26 heavy (non-hydrogen) atoms. The van der Waals surface area contributed by atoms with E-state index in [2.05, 4.69) is 0 Å². The average Bonchev–Trinajstić information content (AvgIpc) is 2.64. The zero-order chi connectivity index (χ0) is 17.8. The summed E-state index contributed by atoms with van der Waals surface area (Å²) >= 11 is 0. The lowest BCUT2D eigenvalue weighted by Gasteiger charge is -2.40. The number of hydrogen-bond acceptors (Lipinski definition) is 4. The number of rotatable bonds is 4. The lowest BCUT2D eigenvalue weighted by atomic mass is 9.91. The minimum absolute atomic E-state index is 0. The van der Waals surface area contributed by atoms with E-state index in [0.717, 1.165) is 24.9 Å². The Balaban J connectivity index is 0.00000243. The maximum absolute atomic E-state index is 13.1. The van der Waals surface area contributed by atoms with Crippen molar-refractivity contribution in [3.8, 4) is 0 Å². The minimum Gasteiger partial charge on any atom is -0.369 e. The molecule has 7 heteroatoms. The SMILES string of the molecule is CC(N)C1CCCN(C(=O)[C@H]2COCC(=O)N2Cc2ccccc2)C1.Cl. The zero-order valence-electron chi connectivity index (χ0n) is 15.2. The highest BCUT2D eigenvalue weighted by atomic mass is 35.5. The third-order valence-electron chi connectivity index (χ3n) is 5.19. The van der Waals surface area contributed by atoms with Crippen LogP contribution in [0.15, 0.2) is 30.3 Å². The van der Waals surface area contributed by atoms with Gasteiger partial charge in [0.05, 0.1) is 6.61 Å². The van der Waals surface area contributed by atoms with Crippen molar-refractivity contribution < 1.29 is 14.3 Å². The summed E-state index contributed by atoms with van der Waals surface area (Å²) in [5.41, 5.74) is 7.05. The summed E-state index contributed by atoms with van der Waals surface area (Å²) in [4.78, 5) is 29.0. The molecule has 0 aliphatic carbocycles. The molecule has 6 nitrogen and oxygen atoms in total. The van der Waals surface area contributed by atoms with Gasteiger partial charge >= 0.3 is 0 Å². The molecule has 2 heterocycles. The van der Waals surface area contributed by atoms with E-state index in [1.165, 1.54) is 0 Å². The van der Waals surface area contributed by atoms with Crippen molar-refractivity contribution in [1.82, 2.24) is 9.80 Å². The van der Waals surface area contributed by atoms with Crippen molar-refractivity contribution in [2.75, 3.05) is 26.3 Å². The predicted molar refractivity (Wildman–Crippen MR) is 102 cm³/mol. The monoisotopic (exact) mass is 381 g/mol. The summed E-state index contributed by atoms with van der Waals surface area (Å²) in [5, 5.41) is 0. The third-order valence-corrected chi connectivity index (χ3v) is 5.19. The van der Waals surface area contributed by atoms with Crippen molar-refractivity contribution in [3.05, 3.63) is 35.9 Å². The molecule has 3 atom stereocenters. The molecule has 3 rings (SSSR count). The van der Waals surface area contributed by atoms with Crippen LogP contribution < -0.4 is 5.73 Å². The Morgan fingerprint density at radius 1 is 1.35 bits per heavy atom. The highest BCUT2D eigenvalue weighted by Crippen LogP contribution is 2.22. The molecule has 2 aliphatic heterocycles. The second kappa shape index (κ2) is 9.35. The predicted octanol–water partition coefficient (Wildman–Crippen LogP) is 1.42. The quantitative estimate of drug-likeness (QED) is 0.855. The Morgan fingerprint density at radius 3 is 2.77 bits per heavy atom. The summed E-state index contributed by atoms with van der Waals surface area (Å²) in [6.45, 7) is 4.12. The highest BCUT2D eigenvalue weighted by molar-refractivity contribution is 5.89. The average molecular weight is 382 g/mol. The second-order valence-corrected chi connectivity index (χ2v) is 7.08. The molecule has 2 amide bonds. The zero-order valence-corrected chi connectivity index (χ0v) is 16.0. The molecule has 2 fully saturated rings. The maximum atomic E-state index is 13.1. The Hall–Kier alpha value is -1.63. The molecule has 1 aromatic carbocycles. The number of piperidine rings is 1. The lowest BCUT2D eigenvalue weighted by Crippen LogP contribution is -2.58. The molecule has 144 valence electrons. The normalized spacial score (nSPS) is 24.8. The van der Waals surface area contributed by atoms with Gasteiger partial charge in [0.25, 0.3) is 0 Å². The van der Waals surface area contributed by atoms with Gasteiger partial charge in [0.1, 0.15) is 12.6 Å². The van der Waals surface area contributed by atoms with Gasteiger partial charge in [-0.1, -0.05) is 30.3 Å². The number of halogens is 1. The van der Waals surface area contributed by atoms with Crippen molar-refractivity contribution in [2.45, 2.75) is 38.4 Å². The topological polar surface area (TPSA) is 75.9 Å². The van der Waals surface area contributed by atoms with E-state index >= 15 is 0 Å². The number of ether oxygens (including phenoxy) is 1. The molecule has 0 bridgehead atoms. The van der Waals surface area contributed by atoms with Crippen LogP contribution >= 0.6 is 12.4 Å². The van der Waals surface area contributed by atoms with E-state index < -0.39 is 6.04 Å². The van der Waals surface area contributed by atoms with Gasteiger partial charge in [0.15, 0.2) is 0 Å². The molecule has 2 aliphatic rings. The first-order valence-corrected chi connectivity index (χ1v) is 9.01. The van der Waals surface area contributed by atoms with Crippen LogP contribution in [-0.2, 0) is 20.9 Å². The number of amides is 2. The van der Waals surface area contributed by atoms with E-state index in [0.29, 0.717) is 19.0 Å². The fourth-order valence-electron chi connectivity index (χ4n) is 3.64. The Morgan fingerprint density at radius 2 is 2.08 bits per heavy atom. The number of benzene rings is 1. The molecule has 0 aromatic heterocycles. The fourth-order valence-corrected chi connectivity index (χ4v) is 3.64. The van der Waals surface area contributed by atoms with E-state index in [1.54, 1.807) is 4.90 Å². The number of morpholine rings is 1. The van der Waals surface area contributed by atoms with Crippen LogP contribution in [0.3, 0.4) is 0 Å². The van der Waals surface area contributed by atoms with Gasteiger partial charge in [0, 0.05) is 25.7 Å². The maximum Gasteiger partial charge on any atom is 0.249 e. The van der Waals surface area contributed by atoms with Crippen LogP contribution in [0, 0.1) is 5.92 Å². The number of likely N-dealkylation sites (tertiary alicyclic amines) is 1. The molecular weight excluding hydrogens is 354 g/mol. The van der Waals surface area contributed by atoms with Crippen LogP contribution in [0.5, 0.6) is 0 Å². The van der Waals surface area contributed by atoms with E-state index in [-0.39, 0.29) is 43.5 Å². The van der Waals surface area contributed by atoms with Crippen LogP contribution in [0.25, 0.3) is 0 Å². The summed E-state index contributed by atoms with van der Waals surface area (Å²) in [6, 6.07) is 9.28. The smallest absolute Gasteiger partial charge is 0.249 e. The van der Waals surface area contributed by atoms with Gasteiger partial charge in [-0.05, 0) is 31.2 Å². The number of carbonyl (C=O) groups excluding carboxylic acids is 2. The van der Waals surface area contributed by atoms with Gasteiger partial charge in [0.2, 0.25) is 11.8 Å². The summed E-state index contributed by atoms with van der Waals surface area (Å²) < 4.78 is 5.39. The largest absolute Gasteiger partial charge is 0.369 e. The number of hydrogen-bond donors (Lipinski definition) is 1. The second-order valence-electron chi connectivity index (χ2n) is 7.08. The standard InChI is InChI=1S/C19H27N3O3.ClH/c1-14(20)16-8-5-9-21(11-16)19(24)17-12-25-13-18(23)22(17)10-15-6-3-2-4-7-15;/h2-4,6-7,14,16-17H,5,8-13,20H2,1H3;1H/t14?,16?,17-;/m1./s1. The van der Waals surface area contributed by atoms with Gasteiger partial charge in [-0.25, -0.2) is 0 Å².